The highest BCUT2D eigenvalue weighted by atomic mass is 16.5. The molecule has 3 nitrogen and oxygen atoms in total. The zero-order valence-electron chi connectivity index (χ0n) is 12.9. The van der Waals surface area contributed by atoms with E-state index in [1.165, 1.54) is 22.3 Å². The van der Waals surface area contributed by atoms with Gasteiger partial charge in [0.15, 0.2) is 0 Å². The number of likely N-dealkylation sites (N-methyl/N-ethyl adjacent to an activating group) is 1. The van der Waals surface area contributed by atoms with Gasteiger partial charge in [-0.05, 0) is 62.9 Å². The van der Waals surface area contributed by atoms with E-state index >= 15 is 0 Å². The van der Waals surface area contributed by atoms with E-state index in [0.717, 1.165) is 31.7 Å². The lowest BCUT2D eigenvalue weighted by molar-refractivity contribution is 0.248. The topological polar surface area (TPSA) is 32.7 Å². The second kappa shape index (κ2) is 7.51. The van der Waals surface area contributed by atoms with Crippen LogP contribution in [0.3, 0.4) is 0 Å². The van der Waals surface area contributed by atoms with Crippen molar-refractivity contribution in [1.82, 2.24) is 4.90 Å². The first-order valence-electron chi connectivity index (χ1n) is 6.94. The summed E-state index contributed by atoms with van der Waals surface area (Å²) in [5.74, 6) is 1.01. The zero-order valence-corrected chi connectivity index (χ0v) is 12.9. The van der Waals surface area contributed by atoms with Crippen LogP contribution >= 0.6 is 0 Å². The normalized spacial score (nSPS) is 11.1. The number of aliphatic hydroxyl groups is 1. The Morgan fingerprint density at radius 1 is 1.16 bits per heavy atom. The molecule has 0 saturated heterocycles. The Morgan fingerprint density at radius 2 is 1.84 bits per heavy atom. The fourth-order valence-electron chi connectivity index (χ4n) is 2.48. The van der Waals surface area contributed by atoms with E-state index in [0.29, 0.717) is 0 Å². The zero-order chi connectivity index (χ0) is 14.4. The average molecular weight is 265 g/mol. The van der Waals surface area contributed by atoms with Gasteiger partial charge in [0.1, 0.15) is 5.75 Å². The molecule has 0 aliphatic heterocycles. The fourth-order valence-corrected chi connectivity index (χ4v) is 2.48. The van der Waals surface area contributed by atoms with E-state index < -0.39 is 0 Å². The van der Waals surface area contributed by atoms with Crippen LogP contribution in [0.15, 0.2) is 6.07 Å². The van der Waals surface area contributed by atoms with Gasteiger partial charge in [-0.15, -0.1) is 0 Å². The molecule has 0 radical (unpaired) electrons. The van der Waals surface area contributed by atoms with Crippen molar-refractivity contribution in [2.45, 2.75) is 33.6 Å². The minimum Gasteiger partial charge on any atom is -0.496 e. The average Bonchev–Trinajstić information content (AvgIpc) is 2.39. The van der Waals surface area contributed by atoms with Gasteiger partial charge in [0.25, 0.3) is 0 Å². The molecule has 0 fully saturated rings. The molecule has 0 saturated carbocycles. The molecule has 0 aliphatic carbocycles. The smallest absolute Gasteiger partial charge is 0.124 e. The first-order valence-corrected chi connectivity index (χ1v) is 6.94. The largest absolute Gasteiger partial charge is 0.496 e. The second-order valence-electron chi connectivity index (χ2n) is 5.27. The summed E-state index contributed by atoms with van der Waals surface area (Å²) >= 11 is 0. The van der Waals surface area contributed by atoms with Crippen molar-refractivity contribution >= 4 is 0 Å². The summed E-state index contributed by atoms with van der Waals surface area (Å²) in [5, 5.41) is 8.83. The van der Waals surface area contributed by atoms with Crippen molar-refractivity contribution < 1.29 is 9.84 Å². The second-order valence-corrected chi connectivity index (χ2v) is 5.27. The number of aliphatic hydroxyl groups excluding tert-OH is 1. The fraction of sp³-hybridized carbons (Fsp3) is 0.625. The van der Waals surface area contributed by atoms with E-state index in [1.54, 1.807) is 7.11 Å². The molecule has 1 aromatic rings. The third-order valence-corrected chi connectivity index (χ3v) is 3.80. The Hall–Kier alpha value is -1.06. The first kappa shape index (κ1) is 16.0. The highest BCUT2D eigenvalue weighted by Crippen LogP contribution is 2.28. The molecule has 0 aromatic heterocycles. The molecule has 3 heteroatoms. The van der Waals surface area contributed by atoms with Crippen LogP contribution in [0.1, 0.15) is 28.7 Å². The number of hydrogen-bond acceptors (Lipinski definition) is 3. The van der Waals surface area contributed by atoms with Gasteiger partial charge in [0, 0.05) is 19.7 Å². The van der Waals surface area contributed by atoms with Crippen LogP contribution in [0.4, 0.5) is 0 Å². The summed E-state index contributed by atoms with van der Waals surface area (Å²) in [7, 11) is 3.84. The van der Waals surface area contributed by atoms with E-state index in [9.17, 15) is 0 Å². The Labute approximate surface area is 117 Å². The van der Waals surface area contributed by atoms with Gasteiger partial charge in [-0.1, -0.05) is 6.07 Å². The summed E-state index contributed by atoms with van der Waals surface area (Å²) in [4.78, 5) is 2.27. The predicted octanol–water partition coefficient (Wildman–Crippen LogP) is 2.48. The number of ether oxygens (including phenoxy) is 1. The van der Waals surface area contributed by atoms with Gasteiger partial charge >= 0.3 is 0 Å². The molecule has 0 atom stereocenters. The lowest BCUT2D eigenvalue weighted by Gasteiger charge is -2.19. The van der Waals surface area contributed by atoms with Crippen molar-refractivity contribution in [3.05, 3.63) is 28.3 Å². The van der Waals surface area contributed by atoms with Crippen LogP contribution in [0.25, 0.3) is 0 Å². The molecule has 1 N–H and O–H groups in total. The van der Waals surface area contributed by atoms with Crippen molar-refractivity contribution in [3.8, 4) is 5.75 Å². The van der Waals surface area contributed by atoms with Gasteiger partial charge in [-0.3, -0.25) is 0 Å². The minimum atomic E-state index is 0.268. The van der Waals surface area contributed by atoms with Gasteiger partial charge in [0.05, 0.1) is 7.11 Å². The maximum absolute atomic E-state index is 8.83. The molecular formula is C16H27NO2. The van der Waals surface area contributed by atoms with E-state index in [4.69, 9.17) is 9.84 Å². The Balaban J connectivity index is 2.74. The molecule has 1 rings (SSSR count). The number of benzene rings is 1. The first-order chi connectivity index (χ1) is 9.01. The number of hydrogen-bond donors (Lipinski definition) is 1. The molecular weight excluding hydrogens is 238 g/mol. The Morgan fingerprint density at radius 3 is 2.42 bits per heavy atom. The summed E-state index contributed by atoms with van der Waals surface area (Å²) in [6.07, 6.45) is 1.88. The van der Waals surface area contributed by atoms with Crippen LogP contribution in [-0.4, -0.2) is 43.9 Å². The van der Waals surface area contributed by atoms with Crippen molar-refractivity contribution in [1.29, 1.82) is 0 Å². The van der Waals surface area contributed by atoms with Crippen molar-refractivity contribution in [2.75, 3.05) is 33.9 Å². The molecule has 0 heterocycles. The number of rotatable bonds is 7. The molecule has 108 valence electrons. The summed E-state index contributed by atoms with van der Waals surface area (Å²) in [5.41, 5.74) is 5.18. The van der Waals surface area contributed by atoms with Gasteiger partial charge in [0.2, 0.25) is 0 Å². The van der Waals surface area contributed by atoms with E-state index in [1.807, 2.05) is 0 Å². The van der Waals surface area contributed by atoms with E-state index in [-0.39, 0.29) is 6.61 Å². The molecule has 19 heavy (non-hydrogen) atoms. The summed E-state index contributed by atoms with van der Waals surface area (Å²) in [6, 6.07) is 2.24. The third-order valence-electron chi connectivity index (χ3n) is 3.80. The minimum absolute atomic E-state index is 0.268. The molecule has 0 bridgehead atoms. The highest BCUT2D eigenvalue weighted by Gasteiger charge is 2.11. The van der Waals surface area contributed by atoms with Crippen LogP contribution in [0, 0.1) is 20.8 Å². The lowest BCUT2D eigenvalue weighted by Crippen LogP contribution is -2.23. The highest BCUT2D eigenvalue weighted by molar-refractivity contribution is 5.49. The maximum atomic E-state index is 8.83. The molecule has 0 amide bonds. The number of methoxy groups -OCH3 is 1. The number of aryl methyl sites for hydroxylation is 1. The standard InChI is InChI=1S/C16H27NO2/c1-12-11-15(7-9-17(4)8-6-10-18)13(2)14(3)16(12)19-5/h11,18H,6-10H2,1-5H3. The molecule has 0 spiro atoms. The maximum Gasteiger partial charge on any atom is 0.124 e. The SMILES string of the molecule is COc1c(C)cc(CCN(C)CCCO)c(C)c1C. The van der Waals surface area contributed by atoms with Gasteiger partial charge in [-0.25, -0.2) is 0 Å². The Bertz CT molecular complexity index is 416. The lowest BCUT2D eigenvalue weighted by atomic mass is 9.96. The third kappa shape index (κ3) is 4.22. The summed E-state index contributed by atoms with van der Waals surface area (Å²) < 4.78 is 5.45. The monoisotopic (exact) mass is 265 g/mol. The number of nitrogens with zero attached hydrogens (tertiary/aromatic N) is 1. The molecule has 0 aliphatic rings. The van der Waals surface area contributed by atoms with Gasteiger partial charge in [-0.2, -0.15) is 0 Å². The summed E-state index contributed by atoms with van der Waals surface area (Å²) in [6.45, 7) is 8.63. The van der Waals surface area contributed by atoms with Crippen molar-refractivity contribution in [2.24, 2.45) is 0 Å². The van der Waals surface area contributed by atoms with Crippen LogP contribution in [0.5, 0.6) is 5.75 Å². The van der Waals surface area contributed by atoms with Crippen LogP contribution in [-0.2, 0) is 6.42 Å². The van der Waals surface area contributed by atoms with Crippen molar-refractivity contribution in [3.63, 3.8) is 0 Å². The van der Waals surface area contributed by atoms with Crippen LogP contribution < -0.4 is 4.74 Å². The molecule has 1 aromatic carbocycles. The van der Waals surface area contributed by atoms with E-state index in [2.05, 4.69) is 38.8 Å². The molecule has 0 unspecified atom stereocenters. The van der Waals surface area contributed by atoms with Crippen LogP contribution in [0.2, 0.25) is 0 Å². The quantitative estimate of drug-likeness (QED) is 0.822. The Kier molecular flexibility index (Phi) is 6.32. The van der Waals surface area contributed by atoms with Gasteiger partial charge < -0.3 is 14.7 Å². The predicted molar refractivity (Wildman–Crippen MR) is 80.1 cm³/mol.